The number of aliphatic hydroxyl groups is 2. The smallest absolute Gasteiger partial charge is 0.396 e. The molecule has 0 heterocycles. The third-order valence-electron chi connectivity index (χ3n) is 3.42. The van der Waals surface area contributed by atoms with Crippen molar-refractivity contribution in [2.24, 2.45) is 0 Å². The van der Waals surface area contributed by atoms with E-state index < -0.39 is 12.8 Å². The summed E-state index contributed by atoms with van der Waals surface area (Å²) in [5, 5.41) is 21.5. The second-order valence-electron chi connectivity index (χ2n) is 5.04. The van der Waals surface area contributed by atoms with Crippen molar-refractivity contribution in [3.05, 3.63) is 60.2 Å². The molecule has 0 saturated carbocycles. The number of halogens is 3. The average Bonchev–Trinajstić information content (AvgIpc) is 2.55. The van der Waals surface area contributed by atoms with Gasteiger partial charge in [0.1, 0.15) is 6.61 Å². The number of hydrogen-bond donors (Lipinski definition) is 2. The standard InChI is InChI=1S/C16H14O.C2H3F3O/c17-10-9-16-14-7-3-1-5-12(14)11-13-6-2-4-8-15(13)16;3-2(4,5)1-6/h1-8,11,17H,9-10H2;6H,1H2. The van der Waals surface area contributed by atoms with Crippen LogP contribution in [0, 0.1) is 0 Å². The molecule has 2 nitrogen and oxygen atoms in total. The molecule has 0 aromatic heterocycles. The van der Waals surface area contributed by atoms with Gasteiger partial charge in [-0.05, 0) is 39.6 Å². The second kappa shape index (κ2) is 7.44. The van der Waals surface area contributed by atoms with Gasteiger partial charge in [0.2, 0.25) is 0 Å². The van der Waals surface area contributed by atoms with Gasteiger partial charge in [0.25, 0.3) is 0 Å². The minimum atomic E-state index is -4.40. The molecule has 0 aliphatic heterocycles. The molecule has 23 heavy (non-hydrogen) atoms. The molecule has 122 valence electrons. The topological polar surface area (TPSA) is 40.5 Å². The molecular weight excluding hydrogens is 305 g/mol. The quantitative estimate of drug-likeness (QED) is 0.698. The highest BCUT2D eigenvalue weighted by Gasteiger charge is 2.24. The zero-order valence-corrected chi connectivity index (χ0v) is 12.3. The SMILES string of the molecule is OCC(F)(F)F.OCCc1c2ccccc2cc2ccccc12. The monoisotopic (exact) mass is 322 g/mol. The molecule has 0 aliphatic rings. The summed E-state index contributed by atoms with van der Waals surface area (Å²) < 4.78 is 31.6. The summed E-state index contributed by atoms with van der Waals surface area (Å²) in [5.41, 5.74) is 1.25. The van der Waals surface area contributed by atoms with E-state index in [2.05, 4.69) is 54.6 Å². The maximum absolute atomic E-state index is 10.5. The molecule has 2 N–H and O–H groups in total. The fourth-order valence-corrected chi connectivity index (χ4v) is 2.49. The number of benzene rings is 3. The maximum Gasteiger partial charge on any atom is 0.411 e. The molecule has 3 rings (SSSR count). The number of hydrogen-bond acceptors (Lipinski definition) is 2. The van der Waals surface area contributed by atoms with Crippen LogP contribution in [0.15, 0.2) is 54.6 Å². The first-order valence-corrected chi connectivity index (χ1v) is 7.14. The van der Waals surface area contributed by atoms with Gasteiger partial charge in [-0.25, -0.2) is 0 Å². The summed E-state index contributed by atoms with van der Waals surface area (Å²) >= 11 is 0. The van der Waals surface area contributed by atoms with Crippen LogP contribution in [0.2, 0.25) is 0 Å². The van der Waals surface area contributed by atoms with Gasteiger partial charge in [-0.1, -0.05) is 48.5 Å². The number of alkyl halides is 3. The third-order valence-corrected chi connectivity index (χ3v) is 3.42. The van der Waals surface area contributed by atoms with Gasteiger partial charge in [0, 0.05) is 6.61 Å². The fourth-order valence-electron chi connectivity index (χ4n) is 2.49. The van der Waals surface area contributed by atoms with E-state index in [-0.39, 0.29) is 6.61 Å². The molecule has 3 aromatic rings. The van der Waals surface area contributed by atoms with Crippen molar-refractivity contribution in [2.75, 3.05) is 13.2 Å². The van der Waals surface area contributed by atoms with Crippen molar-refractivity contribution in [1.82, 2.24) is 0 Å². The van der Waals surface area contributed by atoms with Crippen LogP contribution in [0.5, 0.6) is 0 Å². The fraction of sp³-hybridized carbons (Fsp3) is 0.222. The highest BCUT2D eigenvalue weighted by molar-refractivity contribution is 6.02. The van der Waals surface area contributed by atoms with Crippen LogP contribution in [0.3, 0.4) is 0 Å². The van der Waals surface area contributed by atoms with Crippen molar-refractivity contribution >= 4 is 21.5 Å². The maximum atomic E-state index is 10.5. The molecule has 0 spiro atoms. The Labute approximate surface area is 131 Å². The van der Waals surface area contributed by atoms with Crippen molar-refractivity contribution in [3.63, 3.8) is 0 Å². The Morgan fingerprint density at radius 1 is 0.783 bits per heavy atom. The molecule has 0 atom stereocenters. The molecule has 0 saturated heterocycles. The lowest BCUT2D eigenvalue weighted by molar-refractivity contribution is -0.159. The van der Waals surface area contributed by atoms with Gasteiger partial charge >= 0.3 is 6.18 Å². The van der Waals surface area contributed by atoms with Crippen LogP contribution in [0.25, 0.3) is 21.5 Å². The molecule has 0 radical (unpaired) electrons. The third kappa shape index (κ3) is 4.43. The molecule has 0 bridgehead atoms. The Morgan fingerprint density at radius 2 is 1.22 bits per heavy atom. The van der Waals surface area contributed by atoms with Gasteiger partial charge in [0.15, 0.2) is 0 Å². The van der Waals surface area contributed by atoms with Crippen molar-refractivity contribution in [2.45, 2.75) is 12.6 Å². The molecule has 0 unspecified atom stereocenters. The molecule has 3 aromatic carbocycles. The summed E-state index contributed by atoms with van der Waals surface area (Å²) in [5.74, 6) is 0. The first kappa shape index (κ1) is 17.2. The largest absolute Gasteiger partial charge is 0.411 e. The lowest BCUT2D eigenvalue weighted by Gasteiger charge is -2.10. The average molecular weight is 322 g/mol. The lowest BCUT2D eigenvalue weighted by Crippen LogP contribution is -2.12. The van der Waals surface area contributed by atoms with Crippen LogP contribution in [-0.2, 0) is 6.42 Å². The Morgan fingerprint density at radius 3 is 1.61 bits per heavy atom. The van der Waals surface area contributed by atoms with Crippen molar-refractivity contribution in [3.8, 4) is 0 Å². The zero-order chi connectivity index (χ0) is 16.9. The normalized spacial score (nSPS) is 11.3. The van der Waals surface area contributed by atoms with E-state index in [1.54, 1.807) is 0 Å². The zero-order valence-electron chi connectivity index (χ0n) is 12.3. The molecule has 0 aliphatic carbocycles. The van der Waals surface area contributed by atoms with Gasteiger partial charge in [-0.15, -0.1) is 0 Å². The lowest BCUT2D eigenvalue weighted by atomic mass is 9.95. The summed E-state index contributed by atoms with van der Waals surface area (Å²) in [6.45, 7) is -1.54. The van der Waals surface area contributed by atoms with E-state index in [4.69, 9.17) is 5.11 Å². The van der Waals surface area contributed by atoms with E-state index in [0.717, 1.165) is 0 Å². The first-order chi connectivity index (χ1) is 11.0. The van der Waals surface area contributed by atoms with Gasteiger partial charge in [0.05, 0.1) is 0 Å². The molecular formula is C18H17F3O2. The van der Waals surface area contributed by atoms with Gasteiger partial charge in [-0.2, -0.15) is 13.2 Å². The number of aliphatic hydroxyl groups excluding tert-OH is 2. The van der Waals surface area contributed by atoms with Crippen LogP contribution < -0.4 is 0 Å². The Kier molecular flexibility index (Phi) is 5.58. The van der Waals surface area contributed by atoms with Crippen LogP contribution in [0.1, 0.15) is 5.56 Å². The Hall–Kier alpha value is -2.11. The van der Waals surface area contributed by atoms with Gasteiger partial charge < -0.3 is 10.2 Å². The minimum Gasteiger partial charge on any atom is -0.396 e. The summed E-state index contributed by atoms with van der Waals surface area (Å²) in [6.07, 6.45) is -3.69. The van der Waals surface area contributed by atoms with E-state index in [9.17, 15) is 18.3 Å². The van der Waals surface area contributed by atoms with Crippen LogP contribution in [-0.4, -0.2) is 29.6 Å². The van der Waals surface area contributed by atoms with Crippen LogP contribution in [0.4, 0.5) is 13.2 Å². The second-order valence-corrected chi connectivity index (χ2v) is 5.04. The summed E-state index contributed by atoms with van der Waals surface area (Å²) in [4.78, 5) is 0. The summed E-state index contributed by atoms with van der Waals surface area (Å²) in [6, 6.07) is 19.0. The van der Waals surface area contributed by atoms with E-state index in [0.29, 0.717) is 6.42 Å². The Bertz CT molecular complexity index is 728. The van der Waals surface area contributed by atoms with Gasteiger partial charge in [-0.3, -0.25) is 0 Å². The molecule has 5 heteroatoms. The van der Waals surface area contributed by atoms with E-state index >= 15 is 0 Å². The van der Waals surface area contributed by atoms with E-state index in [1.165, 1.54) is 27.1 Å². The Balaban J connectivity index is 0.000000277. The number of rotatable bonds is 2. The minimum absolute atomic E-state index is 0.192. The predicted octanol–water partition coefficient (Wildman–Crippen LogP) is 4.07. The molecule has 0 amide bonds. The summed E-state index contributed by atoms with van der Waals surface area (Å²) in [7, 11) is 0. The first-order valence-electron chi connectivity index (χ1n) is 7.14. The highest BCUT2D eigenvalue weighted by atomic mass is 19.4. The van der Waals surface area contributed by atoms with E-state index in [1.807, 2.05) is 0 Å². The van der Waals surface area contributed by atoms with Crippen LogP contribution >= 0.6 is 0 Å². The van der Waals surface area contributed by atoms with Crippen molar-refractivity contribution < 1.29 is 23.4 Å². The molecule has 0 fully saturated rings. The highest BCUT2D eigenvalue weighted by Crippen LogP contribution is 2.28. The predicted molar refractivity (Wildman–Crippen MR) is 85.4 cm³/mol. The van der Waals surface area contributed by atoms with Crippen molar-refractivity contribution in [1.29, 1.82) is 0 Å². The number of fused-ring (bicyclic) bond motifs is 2.